The summed E-state index contributed by atoms with van der Waals surface area (Å²) >= 11 is 0. The minimum atomic E-state index is -4.65. The van der Waals surface area contributed by atoms with Crippen LogP contribution in [-0.2, 0) is 11.0 Å². The molecule has 1 aromatic rings. The van der Waals surface area contributed by atoms with Crippen LogP contribution in [-0.4, -0.2) is 42.4 Å². The number of carbonyl (C=O) groups is 2. The summed E-state index contributed by atoms with van der Waals surface area (Å²) in [5.74, 6) is -3.39. The number of halogens is 5. The molecule has 30 heavy (non-hydrogen) atoms. The van der Waals surface area contributed by atoms with Gasteiger partial charge in [-0.2, -0.15) is 13.2 Å². The van der Waals surface area contributed by atoms with Crippen molar-refractivity contribution in [2.75, 3.05) is 18.0 Å². The molecule has 3 N–H and O–H groups in total. The van der Waals surface area contributed by atoms with Gasteiger partial charge in [-0.05, 0) is 38.2 Å². The number of hydrogen-bond donors (Lipinski definition) is 2. The van der Waals surface area contributed by atoms with Crippen LogP contribution in [0.15, 0.2) is 6.20 Å². The zero-order chi connectivity index (χ0) is 22.5. The molecule has 2 amide bonds. The zero-order valence-corrected chi connectivity index (χ0v) is 16.6. The van der Waals surface area contributed by atoms with E-state index in [9.17, 15) is 26.7 Å². The molecule has 1 saturated carbocycles. The normalized spacial score (nSPS) is 19.1. The van der Waals surface area contributed by atoms with E-state index in [0.29, 0.717) is 6.20 Å². The van der Waals surface area contributed by atoms with Gasteiger partial charge in [0.25, 0.3) is 5.91 Å². The number of alkyl halides is 5. The van der Waals surface area contributed by atoms with Gasteiger partial charge >= 0.3 is 6.18 Å². The van der Waals surface area contributed by atoms with Crippen molar-refractivity contribution in [1.29, 1.82) is 0 Å². The molecule has 168 valence electrons. The van der Waals surface area contributed by atoms with Gasteiger partial charge < -0.3 is 16.0 Å². The Labute approximate surface area is 171 Å². The second kappa shape index (κ2) is 9.57. The van der Waals surface area contributed by atoms with Crippen LogP contribution in [0.4, 0.5) is 27.8 Å². The molecule has 1 aliphatic carbocycles. The lowest BCUT2D eigenvalue weighted by Gasteiger charge is -2.29. The molecule has 0 radical (unpaired) electrons. The fourth-order valence-corrected chi connectivity index (χ4v) is 3.47. The van der Waals surface area contributed by atoms with Crippen molar-refractivity contribution in [3.05, 3.63) is 22.9 Å². The first-order valence-corrected chi connectivity index (χ1v) is 9.66. The lowest BCUT2D eigenvalue weighted by Crippen LogP contribution is -2.41. The van der Waals surface area contributed by atoms with Crippen molar-refractivity contribution in [2.24, 2.45) is 5.73 Å². The summed E-state index contributed by atoms with van der Waals surface area (Å²) in [4.78, 5) is 26.7. The van der Waals surface area contributed by atoms with E-state index < -0.39 is 30.0 Å². The van der Waals surface area contributed by atoms with Crippen molar-refractivity contribution in [3.8, 4) is 0 Å². The number of carbonyl (C=O) groups excluding carboxylic acids is 2. The van der Waals surface area contributed by atoms with E-state index in [4.69, 9.17) is 4.79 Å². The number of aromatic nitrogens is 1. The third-order valence-corrected chi connectivity index (χ3v) is 5.31. The molecule has 0 aromatic carbocycles. The van der Waals surface area contributed by atoms with E-state index in [1.165, 1.54) is 11.8 Å². The standard InChI is InChI=1S/C18H22F5N3O.CH3NO/c1-11-13(18(21,22)23)10-24-15(14(11)16(27)25-12-4-2-5-12)26-8-3-6-17(19,20)7-9-26;2-1-3/h10,12H,2-9H2,1H3,(H,25,27);1H,(H2,2,3). The SMILES string of the molecule is Cc1c(C(F)(F)F)cnc(N2CCCC(F)(F)CC2)c1C(=O)NC1CCC1.NC=O. The van der Waals surface area contributed by atoms with Gasteiger partial charge in [-0.15, -0.1) is 0 Å². The van der Waals surface area contributed by atoms with Crippen molar-refractivity contribution in [3.63, 3.8) is 0 Å². The minimum Gasteiger partial charge on any atom is -0.372 e. The summed E-state index contributed by atoms with van der Waals surface area (Å²) in [6.45, 7) is 1.39. The van der Waals surface area contributed by atoms with Gasteiger partial charge in [-0.1, -0.05) is 0 Å². The number of nitrogens with one attached hydrogen (secondary N) is 1. The Morgan fingerprint density at radius 1 is 1.27 bits per heavy atom. The average Bonchev–Trinajstić information content (AvgIpc) is 2.78. The summed E-state index contributed by atoms with van der Waals surface area (Å²) in [5, 5.41) is 2.74. The third-order valence-electron chi connectivity index (χ3n) is 5.31. The smallest absolute Gasteiger partial charge is 0.372 e. The Morgan fingerprint density at radius 3 is 2.43 bits per heavy atom. The zero-order valence-electron chi connectivity index (χ0n) is 16.6. The molecule has 0 atom stereocenters. The van der Waals surface area contributed by atoms with Crippen molar-refractivity contribution in [1.82, 2.24) is 10.3 Å². The first-order valence-electron chi connectivity index (χ1n) is 9.66. The Kier molecular flexibility index (Phi) is 7.59. The predicted octanol–water partition coefficient (Wildman–Crippen LogP) is 3.42. The Morgan fingerprint density at radius 2 is 1.90 bits per heavy atom. The van der Waals surface area contributed by atoms with Gasteiger partial charge in [-0.3, -0.25) is 9.59 Å². The largest absolute Gasteiger partial charge is 0.418 e. The van der Waals surface area contributed by atoms with Crippen LogP contribution in [0, 0.1) is 6.92 Å². The van der Waals surface area contributed by atoms with Crippen LogP contribution >= 0.6 is 0 Å². The van der Waals surface area contributed by atoms with E-state index in [1.54, 1.807) is 0 Å². The molecule has 6 nitrogen and oxygen atoms in total. The lowest BCUT2D eigenvalue weighted by atomic mass is 9.92. The molecule has 2 heterocycles. The molecule has 0 bridgehead atoms. The molecule has 2 aliphatic rings. The first-order chi connectivity index (χ1) is 14.0. The van der Waals surface area contributed by atoms with Crippen LogP contribution in [0.1, 0.15) is 60.0 Å². The van der Waals surface area contributed by atoms with Gasteiger partial charge in [0.1, 0.15) is 5.82 Å². The molecule has 2 fully saturated rings. The maximum absolute atomic E-state index is 13.7. The number of primary amides is 1. The van der Waals surface area contributed by atoms with Gasteiger partial charge in [0.15, 0.2) is 0 Å². The average molecular weight is 436 g/mol. The summed E-state index contributed by atoms with van der Waals surface area (Å²) < 4.78 is 67.2. The molecule has 0 unspecified atom stereocenters. The van der Waals surface area contributed by atoms with Crippen molar-refractivity contribution < 1.29 is 31.5 Å². The maximum Gasteiger partial charge on any atom is 0.418 e. The molecule has 1 aliphatic heterocycles. The molecule has 3 rings (SSSR count). The van der Waals surface area contributed by atoms with Crippen LogP contribution in [0.25, 0.3) is 0 Å². The van der Waals surface area contributed by atoms with Crippen LogP contribution in [0.2, 0.25) is 0 Å². The second-order valence-corrected chi connectivity index (χ2v) is 7.43. The quantitative estimate of drug-likeness (QED) is 0.562. The van der Waals surface area contributed by atoms with Crippen LogP contribution in [0.5, 0.6) is 0 Å². The number of rotatable bonds is 3. The molecule has 11 heteroatoms. The molecule has 1 saturated heterocycles. The Bertz CT molecular complexity index is 766. The van der Waals surface area contributed by atoms with Gasteiger partial charge in [0.05, 0.1) is 11.1 Å². The highest BCUT2D eigenvalue weighted by atomic mass is 19.4. The fraction of sp³-hybridized carbons (Fsp3) is 0.632. The summed E-state index contributed by atoms with van der Waals surface area (Å²) in [6, 6.07) is -0.0623. The summed E-state index contributed by atoms with van der Waals surface area (Å²) in [5.41, 5.74) is 2.80. The molecule has 0 spiro atoms. The summed E-state index contributed by atoms with van der Waals surface area (Å²) in [7, 11) is 0. The van der Waals surface area contributed by atoms with Gasteiger partial charge in [-0.25, -0.2) is 13.8 Å². The first kappa shape index (κ1) is 23.8. The number of anilines is 1. The second-order valence-electron chi connectivity index (χ2n) is 7.43. The lowest BCUT2D eigenvalue weighted by molar-refractivity contribution is -0.138. The van der Waals surface area contributed by atoms with E-state index in [2.05, 4.69) is 16.0 Å². The molecule has 1 aromatic heterocycles. The Balaban J connectivity index is 0.00000101. The van der Waals surface area contributed by atoms with Crippen molar-refractivity contribution in [2.45, 2.75) is 63.6 Å². The topological polar surface area (TPSA) is 88.3 Å². The highest BCUT2D eigenvalue weighted by molar-refractivity contribution is 6.01. The monoisotopic (exact) mass is 436 g/mol. The molecular weight excluding hydrogens is 411 g/mol. The van der Waals surface area contributed by atoms with Gasteiger partial charge in [0.2, 0.25) is 12.3 Å². The third kappa shape index (κ3) is 5.79. The number of amides is 2. The number of pyridine rings is 1. The van der Waals surface area contributed by atoms with Gasteiger partial charge in [0, 0.05) is 38.2 Å². The summed E-state index contributed by atoms with van der Waals surface area (Å²) in [6.07, 6.45) is -1.71. The number of hydrogen-bond acceptors (Lipinski definition) is 4. The minimum absolute atomic E-state index is 0.0509. The van der Waals surface area contributed by atoms with E-state index >= 15 is 0 Å². The maximum atomic E-state index is 13.7. The van der Waals surface area contributed by atoms with Crippen LogP contribution < -0.4 is 16.0 Å². The Hall–Kier alpha value is -2.46. The van der Waals surface area contributed by atoms with E-state index in [-0.39, 0.29) is 55.3 Å². The highest BCUT2D eigenvalue weighted by Crippen LogP contribution is 2.37. The number of nitrogens with two attached hydrogens (primary N) is 1. The van der Waals surface area contributed by atoms with Crippen LogP contribution in [0.3, 0.4) is 0 Å². The highest BCUT2D eigenvalue weighted by Gasteiger charge is 2.38. The predicted molar refractivity (Wildman–Crippen MR) is 100 cm³/mol. The number of nitrogens with zero attached hydrogens (tertiary/aromatic N) is 2. The van der Waals surface area contributed by atoms with E-state index in [0.717, 1.165) is 19.3 Å². The fourth-order valence-electron chi connectivity index (χ4n) is 3.47. The molecular formula is C19H25F5N4O2. The van der Waals surface area contributed by atoms with Crippen molar-refractivity contribution >= 4 is 18.1 Å². The van der Waals surface area contributed by atoms with E-state index in [1.807, 2.05) is 0 Å².